The van der Waals surface area contributed by atoms with Crippen LogP contribution in [0.4, 0.5) is 13.2 Å². The summed E-state index contributed by atoms with van der Waals surface area (Å²) in [6, 6.07) is 16.6. The van der Waals surface area contributed by atoms with E-state index in [-0.39, 0.29) is 37.7 Å². The third kappa shape index (κ3) is 5.24. The molecule has 0 bridgehead atoms. The third-order valence-electron chi connectivity index (χ3n) is 7.42. The summed E-state index contributed by atoms with van der Waals surface area (Å²) in [7, 11) is -4.47. The van der Waals surface area contributed by atoms with Crippen molar-refractivity contribution in [2.75, 3.05) is 26.2 Å². The normalized spacial score (nSPS) is 23.4. The van der Waals surface area contributed by atoms with Crippen molar-refractivity contribution in [2.45, 2.75) is 29.1 Å². The van der Waals surface area contributed by atoms with Crippen molar-refractivity contribution in [3.05, 3.63) is 100 Å². The molecule has 5 rings (SSSR count). The second-order valence-electron chi connectivity index (χ2n) is 9.55. The van der Waals surface area contributed by atoms with Crippen molar-refractivity contribution >= 4 is 33.2 Å². The fourth-order valence-electron chi connectivity index (χ4n) is 5.51. The van der Waals surface area contributed by atoms with Crippen LogP contribution in [-0.4, -0.2) is 61.1 Å². The number of fused-ring (bicyclic) bond motifs is 1. The Kier molecular flexibility index (Phi) is 7.85. The minimum absolute atomic E-state index is 0.0259. The standard InChI is InChI=1S/C28H25Cl2F3N2O3S/c29-22-8-5-6-20(27(22)30)18-10-12-19(13-11-18)26-23-16-34(14-3-4-15-35(23)24(26)17-36)39(37,38)25-9-2-1-7-21(25)28(31,32)33/h1-13,23-24,26,36H,14-17H2/b4-3-/t23-,24+,26-/m0/s1. The predicted octanol–water partition coefficient (Wildman–Crippen LogP) is 6.07. The van der Waals surface area contributed by atoms with E-state index in [0.717, 1.165) is 33.1 Å². The number of sulfonamides is 1. The molecule has 0 spiro atoms. The quantitative estimate of drug-likeness (QED) is 0.363. The maximum Gasteiger partial charge on any atom is 0.417 e. The second kappa shape index (κ2) is 10.9. The molecular formula is C28H25Cl2F3N2O3S. The minimum Gasteiger partial charge on any atom is -0.395 e. The van der Waals surface area contributed by atoms with Gasteiger partial charge in [0.2, 0.25) is 10.0 Å². The van der Waals surface area contributed by atoms with Gasteiger partial charge in [-0.2, -0.15) is 17.5 Å². The van der Waals surface area contributed by atoms with Crippen molar-refractivity contribution in [3.63, 3.8) is 0 Å². The molecule has 1 N–H and O–H groups in total. The van der Waals surface area contributed by atoms with Gasteiger partial charge in [0.15, 0.2) is 0 Å². The summed E-state index contributed by atoms with van der Waals surface area (Å²) < 4.78 is 69.2. The van der Waals surface area contributed by atoms with Crippen LogP contribution in [0.3, 0.4) is 0 Å². The van der Waals surface area contributed by atoms with E-state index >= 15 is 0 Å². The average Bonchev–Trinajstić information content (AvgIpc) is 2.89. The number of halogens is 5. The minimum atomic E-state index is -4.82. The van der Waals surface area contributed by atoms with E-state index in [1.165, 1.54) is 12.1 Å². The highest BCUT2D eigenvalue weighted by Crippen LogP contribution is 2.43. The van der Waals surface area contributed by atoms with E-state index in [1.54, 1.807) is 24.3 Å². The number of nitrogens with zero attached hydrogens (tertiary/aromatic N) is 2. The fourth-order valence-corrected chi connectivity index (χ4v) is 7.54. The van der Waals surface area contributed by atoms with Crippen LogP contribution in [0, 0.1) is 0 Å². The molecule has 3 aromatic carbocycles. The molecule has 2 aliphatic rings. The Morgan fingerprint density at radius 1 is 0.923 bits per heavy atom. The zero-order valence-corrected chi connectivity index (χ0v) is 22.9. The summed E-state index contributed by atoms with van der Waals surface area (Å²) in [5.41, 5.74) is 1.30. The van der Waals surface area contributed by atoms with Gasteiger partial charge in [-0.25, -0.2) is 8.42 Å². The van der Waals surface area contributed by atoms with Gasteiger partial charge in [-0.05, 0) is 29.3 Å². The molecule has 1 saturated heterocycles. The van der Waals surface area contributed by atoms with Crippen LogP contribution in [0.1, 0.15) is 17.0 Å². The first-order valence-corrected chi connectivity index (χ1v) is 14.5. The molecule has 206 valence electrons. The first kappa shape index (κ1) is 28.1. The van der Waals surface area contributed by atoms with Crippen LogP contribution in [0.25, 0.3) is 11.1 Å². The van der Waals surface area contributed by atoms with Gasteiger partial charge >= 0.3 is 6.18 Å². The Labute approximate surface area is 235 Å². The van der Waals surface area contributed by atoms with Crippen LogP contribution in [0.2, 0.25) is 10.0 Å². The summed E-state index contributed by atoms with van der Waals surface area (Å²) in [6.45, 7) is 0.264. The molecule has 0 unspecified atom stereocenters. The number of hydrogen-bond acceptors (Lipinski definition) is 4. The predicted molar refractivity (Wildman–Crippen MR) is 145 cm³/mol. The van der Waals surface area contributed by atoms with Gasteiger partial charge in [-0.1, -0.05) is 83.9 Å². The number of aliphatic hydroxyl groups excluding tert-OH is 1. The van der Waals surface area contributed by atoms with E-state index in [1.807, 2.05) is 35.2 Å². The van der Waals surface area contributed by atoms with Crippen LogP contribution >= 0.6 is 23.2 Å². The molecule has 0 aliphatic carbocycles. The van der Waals surface area contributed by atoms with E-state index < -0.39 is 26.7 Å². The van der Waals surface area contributed by atoms with Gasteiger partial charge in [0.1, 0.15) is 0 Å². The lowest BCUT2D eigenvalue weighted by Gasteiger charge is -2.56. The Hall–Kier alpha value is -2.40. The molecule has 11 heteroatoms. The fraction of sp³-hybridized carbons (Fsp3) is 0.286. The number of alkyl halides is 3. The Morgan fingerprint density at radius 2 is 1.62 bits per heavy atom. The highest BCUT2D eigenvalue weighted by Gasteiger charge is 2.50. The lowest BCUT2D eigenvalue weighted by molar-refractivity contribution is -0.139. The van der Waals surface area contributed by atoms with Crippen molar-refractivity contribution in [1.29, 1.82) is 0 Å². The molecule has 0 aromatic heterocycles. The number of benzene rings is 3. The van der Waals surface area contributed by atoms with Gasteiger partial charge in [0.05, 0.1) is 27.1 Å². The number of hydrogen-bond donors (Lipinski definition) is 1. The van der Waals surface area contributed by atoms with Crippen molar-refractivity contribution in [1.82, 2.24) is 9.21 Å². The number of aliphatic hydroxyl groups is 1. The molecule has 3 aromatic rings. The van der Waals surface area contributed by atoms with Gasteiger partial charge in [-0.3, -0.25) is 4.90 Å². The molecule has 39 heavy (non-hydrogen) atoms. The maximum atomic E-state index is 13.7. The zero-order valence-electron chi connectivity index (χ0n) is 20.5. The van der Waals surface area contributed by atoms with Gasteiger partial charge in [0.25, 0.3) is 0 Å². The maximum absolute atomic E-state index is 13.7. The van der Waals surface area contributed by atoms with Gasteiger partial charge < -0.3 is 5.11 Å². The molecule has 1 fully saturated rings. The average molecular weight is 597 g/mol. The first-order valence-electron chi connectivity index (χ1n) is 12.3. The van der Waals surface area contributed by atoms with Gasteiger partial charge in [0, 0.05) is 43.2 Å². The molecule has 2 aliphatic heterocycles. The Morgan fingerprint density at radius 3 is 2.31 bits per heavy atom. The number of rotatable bonds is 5. The summed E-state index contributed by atoms with van der Waals surface area (Å²) in [5, 5.41) is 11.1. The monoisotopic (exact) mass is 596 g/mol. The second-order valence-corrected chi connectivity index (χ2v) is 12.2. The van der Waals surface area contributed by atoms with Crippen LogP contribution in [0.15, 0.2) is 83.8 Å². The van der Waals surface area contributed by atoms with Crippen molar-refractivity contribution in [3.8, 4) is 11.1 Å². The summed E-state index contributed by atoms with van der Waals surface area (Å²) in [4.78, 5) is 1.22. The molecule has 3 atom stereocenters. The highest BCUT2D eigenvalue weighted by molar-refractivity contribution is 7.89. The van der Waals surface area contributed by atoms with Gasteiger partial charge in [-0.15, -0.1) is 0 Å². The summed E-state index contributed by atoms with van der Waals surface area (Å²) >= 11 is 12.5. The molecule has 5 nitrogen and oxygen atoms in total. The molecule has 2 heterocycles. The lowest BCUT2D eigenvalue weighted by Crippen LogP contribution is -2.67. The summed E-state index contributed by atoms with van der Waals surface area (Å²) in [6.07, 6.45) is -1.40. The van der Waals surface area contributed by atoms with E-state index in [4.69, 9.17) is 23.2 Å². The molecular weight excluding hydrogens is 572 g/mol. The highest BCUT2D eigenvalue weighted by atomic mass is 35.5. The Balaban J connectivity index is 1.47. The molecule has 0 amide bonds. The van der Waals surface area contributed by atoms with Crippen LogP contribution < -0.4 is 0 Å². The van der Waals surface area contributed by atoms with E-state index in [9.17, 15) is 26.7 Å². The SMILES string of the molecule is O=S(=O)(c1ccccc1C(F)(F)F)N1C/C=C\CN2[C@H](CO)[C@@H](c3ccc(-c4cccc(Cl)c4Cl)cc3)[C@@H]2C1. The molecule has 0 saturated carbocycles. The topological polar surface area (TPSA) is 60.9 Å². The summed E-state index contributed by atoms with van der Waals surface area (Å²) in [5.74, 6) is -0.235. The van der Waals surface area contributed by atoms with Crippen LogP contribution in [-0.2, 0) is 16.2 Å². The molecule has 0 radical (unpaired) electrons. The lowest BCUT2D eigenvalue weighted by atomic mass is 9.74. The van der Waals surface area contributed by atoms with Crippen molar-refractivity contribution in [2.24, 2.45) is 0 Å². The zero-order chi connectivity index (χ0) is 27.9. The first-order chi connectivity index (χ1) is 18.5. The van der Waals surface area contributed by atoms with E-state index in [2.05, 4.69) is 0 Å². The largest absolute Gasteiger partial charge is 0.417 e. The van der Waals surface area contributed by atoms with Crippen molar-refractivity contribution < 1.29 is 26.7 Å². The van der Waals surface area contributed by atoms with E-state index in [0.29, 0.717) is 16.6 Å². The van der Waals surface area contributed by atoms with Crippen LogP contribution in [0.5, 0.6) is 0 Å². The third-order valence-corrected chi connectivity index (χ3v) is 10.1. The Bertz CT molecular complexity index is 1500. The smallest absolute Gasteiger partial charge is 0.395 e.